The zero-order valence-electron chi connectivity index (χ0n) is 17.5. The van der Waals surface area contributed by atoms with Gasteiger partial charge in [-0.3, -0.25) is 19.5 Å². The normalized spacial score (nSPS) is 15.2. The van der Waals surface area contributed by atoms with E-state index in [4.69, 9.17) is 0 Å². The number of nitrogens with one attached hydrogen (secondary N) is 1. The van der Waals surface area contributed by atoms with Crippen LogP contribution in [0, 0.1) is 0 Å². The monoisotopic (exact) mass is 474 g/mol. The van der Waals surface area contributed by atoms with Crippen molar-refractivity contribution in [3.05, 3.63) is 76.5 Å². The molecule has 0 radical (unpaired) electrons. The number of hydrogen-bond donors (Lipinski definition) is 1. The van der Waals surface area contributed by atoms with Crippen LogP contribution in [0.5, 0.6) is 0 Å². The van der Waals surface area contributed by atoms with Crippen LogP contribution in [0.25, 0.3) is 0 Å². The summed E-state index contributed by atoms with van der Waals surface area (Å²) in [6, 6.07) is 6.62. The van der Waals surface area contributed by atoms with Gasteiger partial charge in [0.2, 0.25) is 5.91 Å². The number of aromatic nitrogens is 2. The summed E-state index contributed by atoms with van der Waals surface area (Å²) in [5, 5.41) is 4.74. The Morgan fingerprint density at radius 1 is 1.12 bits per heavy atom. The molecule has 1 aromatic carbocycles. The average Bonchev–Trinajstić information content (AvgIpc) is 3.51. The van der Waals surface area contributed by atoms with Crippen molar-refractivity contribution in [3.63, 3.8) is 0 Å². The van der Waals surface area contributed by atoms with E-state index in [-0.39, 0.29) is 17.4 Å². The van der Waals surface area contributed by atoms with Gasteiger partial charge in [-0.1, -0.05) is 25.0 Å². The van der Waals surface area contributed by atoms with Crippen LogP contribution in [0.1, 0.15) is 52.7 Å². The second-order valence-corrected chi connectivity index (χ2v) is 8.70. The van der Waals surface area contributed by atoms with Crippen molar-refractivity contribution in [2.45, 2.75) is 43.9 Å². The zero-order valence-corrected chi connectivity index (χ0v) is 18.3. The number of carbonyl (C=O) groups excluding carboxylic acids is 2. The molecular formula is C23H21F3N4O2S. The van der Waals surface area contributed by atoms with E-state index in [9.17, 15) is 22.8 Å². The van der Waals surface area contributed by atoms with Crippen molar-refractivity contribution >= 4 is 28.8 Å². The maximum Gasteiger partial charge on any atom is 0.416 e. The summed E-state index contributed by atoms with van der Waals surface area (Å²) < 4.78 is 40.4. The third kappa shape index (κ3) is 5.22. The number of benzene rings is 1. The minimum atomic E-state index is -4.61. The minimum Gasteiger partial charge on any atom is -0.351 e. The van der Waals surface area contributed by atoms with Gasteiger partial charge in [-0.25, -0.2) is 4.98 Å². The summed E-state index contributed by atoms with van der Waals surface area (Å²) in [4.78, 5) is 36.6. The van der Waals surface area contributed by atoms with Crippen LogP contribution in [-0.4, -0.2) is 27.8 Å². The lowest BCUT2D eigenvalue weighted by Gasteiger charge is -2.31. The number of halogens is 3. The number of hydrogen-bond acceptors (Lipinski definition) is 5. The van der Waals surface area contributed by atoms with Crippen LogP contribution in [0.2, 0.25) is 0 Å². The average molecular weight is 475 g/mol. The Labute approximate surface area is 192 Å². The Morgan fingerprint density at radius 3 is 2.55 bits per heavy atom. The molecule has 2 heterocycles. The second kappa shape index (κ2) is 9.70. The topological polar surface area (TPSA) is 75.2 Å². The highest BCUT2D eigenvalue weighted by molar-refractivity contribution is 7.10. The van der Waals surface area contributed by atoms with Gasteiger partial charge in [0.05, 0.1) is 11.8 Å². The summed E-state index contributed by atoms with van der Waals surface area (Å²) in [7, 11) is 0. The van der Waals surface area contributed by atoms with E-state index >= 15 is 0 Å². The second-order valence-electron chi connectivity index (χ2n) is 7.72. The number of amides is 2. The molecule has 2 amide bonds. The van der Waals surface area contributed by atoms with Crippen LogP contribution in [0.3, 0.4) is 0 Å². The van der Waals surface area contributed by atoms with Gasteiger partial charge in [-0.15, -0.1) is 11.3 Å². The number of anilines is 1. The quantitative estimate of drug-likeness (QED) is 0.545. The number of alkyl halides is 3. The molecule has 3 aromatic rings. The minimum absolute atomic E-state index is 0.0325. The summed E-state index contributed by atoms with van der Waals surface area (Å²) in [5.41, 5.74) is -1.05. The van der Waals surface area contributed by atoms with Crippen molar-refractivity contribution < 1.29 is 22.8 Å². The van der Waals surface area contributed by atoms with Gasteiger partial charge in [0.25, 0.3) is 5.91 Å². The van der Waals surface area contributed by atoms with E-state index < -0.39 is 29.6 Å². The molecule has 6 nitrogen and oxygen atoms in total. The Bertz CT molecular complexity index is 1100. The maximum atomic E-state index is 13.6. The van der Waals surface area contributed by atoms with Gasteiger partial charge < -0.3 is 5.32 Å². The molecule has 0 aliphatic heterocycles. The molecule has 1 aliphatic rings. The van der Waals surface area contributed by atoms with Gasteiger partial charge in [-0.2, -0.15) is 13.2 Å². The van der Waals surface area contributed by atoms with E-state index in [1.807, 2.05) is 0 Å². The number of nitrogens with zero attached hydrogens (tertiary/aromatic N) is 3. The van der Waals surface area contributed by atoms with E-state index in [1.165, 1.54) is 42.1 Å². The highest BCUT2D eigenvalue weighted by Crippen LogP contribution is 2.36. The van der Waals surface area contributed by atoms with Gasteiger partial charge in [0.15, 0.2) is 6.04 Å². The fourth-order valence-corrected chi connectivity index (χ4v) is 4.73. The molecule has 1 fully saturated rings. The predicted octanol–water partition coefficient (Wildman–Crippen LogP) is 5.00. The molecule has 4 rings (SSSR count). The first kappa shape index (κ1) is 22.9. The Hall–Kier alpha value is -3.27. The van der Waals surface area contributed by atoms with Gasteiger partial charge in [0.1, 0.15) is 5.69 Å². The van der Waals surface area contributed by atoms with Crippen molar-refractivity contribution in [1.82, 2.24) is 15.3 Å². The first-order chi connectivity index (χ1) is 15.8. The first-order valence-corrected chi connectivity index (χ1v) is 11.3. The number of thiophene rings is 1. The molecule has 1 atom stereocenters. The summed E-state index contributed by atoms with van der Waals surface area (Å²) in [6.45, 7) is 0. The van der Waals surface area contributed by atoms with Crippen molar-refractivity contribution in [1.29, 1.82) is 0 Å². The van der Waals surface area contributed by atoms with Crippen LogP contribution >= 0.6 is 11.3 Å². The highest BCUT2D eigenvalue weighted by atomic mass is 32.1. The molecule has 1 saturated carbocycles. The lowest BCUT2D eigenvalue weighted by Crippen LogP contribution is -2.46. The molecule has 1 aliphatic carbocycles. The summed E-state index contributed by atoms with van der Waals surface area (Å²) in [6.07, 6.45) is 2.94. The van der Waals surface area contributed by atoms with Crippen LogP contribution < -0.4 is 10.2 Å². The van der Waals surface area contributed by atoms with Crippen molar-refractivity contribution in [3.8, 4) is 0 Å². The number of rotatable bonds is 6. The van der Waals surface area contributed by atoms with Gasteiger partial charge in [-0.05, 0) is 42.5 Å². The maximum absolute atomic E-state index is 13.6. The zero-order chi connectivity index (χ0) is 23.4. The lowest BCUT2D eigenvalue weighted by molar-refractivity contribution is -0.137. The molecule has 10 heteroatoms. The molecule has 1 N–H and O–H groups in total. The Kier molecular flexibility index (Phi) is 6.73. The van der Waals surface area contributed by atoms with Crippen molar-refractivity contribution in [2.75, 3.05) is 4.90 Å². The summed E-state index contributed by atoms with van der Waals surface area (Å²) in [5.74, 6) is -1.17. The lowest BCUT2D eigenvalue weighted by atomic mass is 10.1. The third-order valence-electron chi connectivity index (χ3n) is 5.47. The Morgan fingerprint density at radius 2 is 1.91 bits per heavy atom. The molecule has 33 heavy (non-hydrogen) atoms. The molecule has 2 aromatic heterocycles. The standard InChI is InChI=1S/C23H21F3N4O2S/c24-23(25,26)15-5-3-8-17(13-15)30(22(32)18-14-27-10-11-28-18)20(19-9-4-12-33-19)21(31)29-16-6-1-2-7-16/h3-5,8-14,16,20H,1-2,6-7H2,(H,29,31). The first-order valence-electron chi connectivity index (χ1n) is 10.4. The van der Waals surface area contributed by atoms with Gasteiger partial charge >= 0.3 is 6.18 Å². The SMILES string of the molecule is O=C(NC1CCCC1)C(c1cccs1)N(C(=O)c1cnccn1)c1cccc(C(F)(F)F)c1. The van der Waals surface area contributed by atoms with Crippen molar-refractivity contribution in [2.24, 2.45) is 0 Å². The van der Waals surface area contributed by atoms with E-state index in [0.29, 0.717) is 4.88 Å². The van der Waals surface area contributed by atoms with E-state index in [1.54, 1.807) is 17.5 Å². The van der Waals surface area contributed by atoms with E-state index in [0.717, 1.165) is 42.7 Å². The smallest absolute Gasteiger partial charge is 0.351 e. The van der Waals surface area contributed by atoms with E-state index in [2.05, 4.69) is 15.3 Å². The molecule has 0 bridgehead atoms. The van der Waals surface area contributed by atoms with Gasteiger partial charge in [0, 0.05) is 29.0 Å². The molecule has 1 unspecified atom stereocenters. The summed E-state index contributed by atoms with van der Waals surface area (Å²) >= 11 is 1.25. The largest absolute Gasteiger partial charge is 0.416 e. The molecule has 0 spiro atoms. The van der Waals surface area contributed by atoms with Crippen LogP contribution in [0.4, 0.5) is 18.9 Å². The molecule has 172 valence electrons. The third-order valence-corrected chi connectivity index (χ3v) is 6.40. The fourth-order valence-electron chi connectivity index (χ4n) is 3.92. The molecular weight excluding hydrogens is 453 g/mol. The molecule has 0 saturated heterocycles. The highest BCUT2D eigenvalue weighted by Gasteiger charge is 2.37. The van der Waals surface area contributed by atoms with Crippen LogP contribution in [0.15, 0.2) is 60.4 Å². The fraction of sp³-hybridized carbons (Fsp3) is 0.304. The van der Waals surface area contributed by atoms with Crippen LogP contribution in [-0.2, 0) is 11.0 Å². The predicted molar refractivity (Wildman–Crippen MR) is 118 cm³/mol. The number of carbonyl (C=O) groups is 2. The Balaban J connectivity index is 1.82.